The highest BCUT2D eigenvalue weighted by molar-refractivity contribution is 5.90. The van der Waals surface area contributed by atoms with Crippen LogP contribution in [0.2, 0.25) is 0 Å². The highest BCUT2D eigenvalue weighted by Crippen LogP contribution is 2.65. The molecule has 27 heavy (non-hydrogen) atoms. The quantitative estimate of drug-likeness (QED) is 0.735. The molecular formula is C22H28N2O3. The van der Waals surface area contributed by atoms with Gasteiger partial charge in [-0.25, -0.2) is 0 Å². The molecule has 1 heterocycles. The number of hydrogen-bond donors (Lipinski definition) is 2. The van der Waals surface area contributed by atoms with E-state index in [1.165, 1.54) is 19.3 Å². The van der Waals surface area contributed by atoms with Gasteiger partial charge in [-0.3, -0.25) is 4.79 Å². The van der Waals surface area contributed by atoms with E-state index in [2.05, 4.69) is 10.6 Å². The number of ether oxygens (including phenoxy) is 1. The minimum Gasteiger partial charge on any atom is -0.496 e. The van der Waals surface area contributed by atoms with Crippen LogP contribution in [-0.2, 0) is 11.3 Å². The van der Waals surface area contributed by atoms with Crippen molar-refractivity contribution in [2.45, 2.75) is 38.6 Å². The van der Waals surface area contributed by atoms with Crippen LogP contribution in [0.25, 0.3) is 10.8 Å². The summed E-state index contributed by atoms with van der Waals surface area (Å²) < 4.78 is 11.2. The Labute approximate surface area is 159 Å². The van der Waals surface area contributed by atoms with Gasteiger partial charge in [-0.1, -0.05) is 12.1 Å². The van der Waals surface area contributed by atoms with Crippen molar-refractivity contribution in [1.82, 2.24) is 10.6 Å². The molecule has 5 heteroatoms. The van der Waals surface area contributed by atoms with Gasteiger partial charge in [0.1, 0.15) is 11.5 Å². The number of carbonyl (C=O) groups excluding carboxylic acids is 1. The fourth-order valence-electron chi connectivity index (χ4n) is 6.25. The zero-order valence-electron chi connectivity index (χ0n) is 15.9. The van der Waals surface area contributed by atoms with Crippen LogP contribution < -0.4 is 15.4 Å². The normalized spacial score (nSPS) is 30.9. The zero-order chi connectivity index (χ0) is 18.4. The summed E-state index contributed by atoms with van der Waals surface area (Å²) in [5, 5.41) is 8.67. The maximum Gasteiger partial charge on any atom is 0.226 e. The van der Waals surface area contributed by atoms with Gasteiger partial charge in [-0.2, -0.15) is 0 Å². The first kappa shape index (κ1) is 17.1. The number of nitrogens with one attached hydrogen (secondary N) is 2. The smallest absolute Gasteiger partial charge is 0.226 e. The third-order valence-corrected chi connectivity index (χ3v) is 7.20. The molecule has 4 bridgehead atoms. The number of furan rings is 1. The Hall–Kier alpha value is -2.01. The van der Waals surface area contributed by atoms with Crippen molar-refractivity contribution in [3.05, 3.63) is 30.2 Å². The monoisotopic (exact) mass is 368 g/mol. The summed E-state index contributed by atoms with van der Waals surface area (Å²) >= 11 is 0. The molecule has 1 aromatic heterocycles. The van der Waals surface area contributed by atoms with Gasteiger partial charge in [0.05, 0.1) is 30.7 Å². The van der Waals surface area contributed by atoms with Gasteiger partial charge in [0.15, 0.2) is 0 Å². The van der Waals surface area contributed by atoms with Gasteiger partial charge < -0.3 is 19.8 Å². The minimum atomic E-state index is -0.0296. The first-order chi connectivity index (χ1) is 13.2. The molecule has 0 radical (unpaired) electrons. The molecule has 1 amide bonds. The molecule has 2 unspecified atom stereocenters. The summed E-state index contributed by atoms with van der Waals surface area (Å²) in [5.74, 6) is 4.29. The van der Waals surface area contributed by atoms with Crippen molar-refractivity contribution in [3.63, 3.8) is 0 Å². The molecule has 4 saturated carbocycles. The highest BCUT2D eigenvalue weighted by atomic mass is 16.5. The van der Waals surface area contributed by atoms with E-state index in [1.54, 1.807) is 13.4 Å². The second-order valence-corrected chi connectivity index (χ2v) is 8.72. The van der Waals surface area contributed by atoms with Gasteiger partial charge in [-0.05, 0) is 55.9 Å². The lowest BCUT2D eigenvalue weighted by Crippen LogP contribution is -2.44. The lowest BCUT2D eigenvalue weighted by atomic mass is 9.75. The molecule has 4 aliphatic carbocycles. The van der Waals surface area contributed by atoms with Gasteiger partial charge in [-0.15, -0.1) is 0 Å². The summed E-state index contributed by atoms with van der Waals surface area (Å²) in [5.41, 5.74) is -0.0296. The van der Waals surface area contributed by atoms with Crippen LogP contribution in [0, 0.1) is 23.2 Å². The Morgan fingerprint density at radius 1 is 1.22 bits per heavy atom. The van der Waals surface area contributed by atoms with Gasteiger partial charge in [0, 0.05) is 18.5 Å². The summed E-state index contributed by atoms with van der Waals surface area (Å²) in [4.78, 5) is 12.9. The molecule has 0 aliphatic heterocycles. The molecule has 5 nitrogen and oxygen atoms in total. The van der Waals surface area contributed by atoms with Crippen LogP contribution >= 0.6 is 0 Å². The second-order valence-electron chi connectivity index (χ2n) is 8.72. The number of fused-ring (bicyclic) bond motifs is 1. The predicted octanol–water partition coefficient (Wildman–Crippen LogP) is 3.47. The van der Waals surface area contributed by atoms with Crippen LogP contribution in [0.1, 0.15) is 37.9 Å². The lowest BCUT2D eigenvalue weighted by Gasteiger charge is -2.31. The van der Waals surface area contributed by atoms with E-state index >= 15 is 0 Å². The molecule has 0 spiro atoms. The molecule has 144 valence electrons. The minimum absolute atomic E-state index is 0.0296. The van der Waals surface area contributed by atoms with Crippen LogP contribution in [-0.4, -0.2) is 26.1 Å². The number of benzene rings is 1. The fraction of sp³-hybridized carbons (Fsp3) is 0.591. The van der Waals surface area contributed by atoms with E-state index in [1.807, 2.05) is 18.2 Å². The highest BCUT2D eigenvalue weighted by Gasteiger charge is 2.61. The first-order valence-corrected chi connectivity index (χ1v) is 10.2. The topological polar surface area (TPSA) is 63.5 Å². The van der Waals surface area contributed by atoms with E-state index in [0.29, 0.717) is 24.9 Å². The number of carbonyl (C=O) groups is 1. The Morgan fingerprint density at radius 3 is 2.81 bits per heavy atom. The van der Waals surface area contributed by atoms with E-state index in [4.69, 9.17) is 9.15 Å². The zero-order valence-corrected chi connectivity index (χ0v) is 15.9. The third kappa shape index (κ3) is 2.75. The standard InChI is InChI=1S/C22H28N2O3/c1-26-18-4-2-3-16-13-27-19(20(16)18)12-23-5-6-24-21(25)22-10-14-7-15(11-22)9-17(22)8-14/h2-4,13-15,17,23H,5-12H2,1H3,(H,24,25). The second kappa shape index (κ2) is 6.55. The summed E-state index contributed by atoms with van der Waals surface area (Å²) in [6.45, 7) is 2.02. The molecule has 2 N–H and O–H groups in total. The Balaban J connectivity index is 1.14. The Kier molecular flexibility index (Phi) is 4.15. The molecule has 2 atom stereocenters. The summed E-state index contributed by atoms with van der Waals surface area (Å²) in [7, 11) is 1.68. The van der Waals surface area contributed by atoms with Crippen molar-refractivity contribution in [3.8, 4) is 5.75 Å². The molecule has 0 saturated heterocycles. The Bertz CT molecular complexity index is 844. The predicted molar refractivity (Wildman–Crippen MR) is 103 cm³/mol. The van der Waals surface area contributed by atoms with E-state index in [9.17, 15) is 4.79 Å². The summed E-state index contributed by atoms with van der Waals surface area (Å²) in [6.07, 6.45) is 7.97. The van der Waals surface area contributed by atoms with Crippen molar-refractivity contribution < 1.29 is 13.9 Å². The fourth-order valence-corrected chi connectivity index (χ4v) is 6.25. The van der Waals surface area contributed by atoms with Crippen molar-refractivity contribution in [2.24, 2.45) is 23.2 Å². The van der Waals surface area contributed by atoms with Gasteiger partial charge in [0.2, 0.25) is 5.91 Å². The van der Waals surface area contributed by atoms with Crippen LogP contribution in [0.4, 0.5) is 0 Å². The summed E-state index contributed by atoms with van der Waals surface area (Å²) in [6, 6.07) is 5.94. The molecule has 2 aromatic rings. The Morgan fingerprint density at radius 2 is 2.04 bits per heavy atom. The first-order valence-electron chi connectivity index (χ1n) is 10.2. The number of amides is 1. The maximum absolute atomic E-state index is 12.9. The van der Waals surface area contributed by atoms with Crippen LogP contribution in [0.15, 0.2) is 28.9 Å². The third-order valence-electron chi connectivity index (χ3n) is 7.20. The van der Waals surface area contributed by atoms with E-state index in [0.717, 1.165) is 53.5 Å². The lowest BCUT2D eigenvalue weighted by molar-refractivity contribution is -0.132. The average molecular weight is 368 g/mol. The van der Waals surface area contributed by atoms with Gasteiger partial charge in [0.25, 0.3) is 0 Å². The van der Waals surface area contributed by atoms with Crippen molar-refractivity contribution in [1.29, 1.82) is 0 Å². The SMILES string of the molecule is COc1cccc2coc(CNCCNC(=O)C34CC5CC(CC3C5)C4)c12. The van der Waals surface area contributed by atoms with Crippen molar-refractivity contribution in [2.75, 3.05) is 20.2 Å². The van der Waals surface area contributed by atoms with Crippen LogP contribution in [0.3, 0.4) is 0 Å². The molecular weight excluding hydrogens is 340 g/mol. The number of methoxy groups -OCH3 is 1. The van der Waals surface area contributed by atoms with Gasteiger partial charge >= 0.3 is 0 Å². The average Bonchev–Trinajstić information content (AvgIpc) is 3.28. The van der Waals surface area contributed by atoms with E-state index < -0.39 is 0 Å². The molecule has 1 aromatic carbocycles. The molecule has 6 rings (SSSR count). The molecule has 4 fully saturated rings. The van der Waals surface area contributed by atoms with E-state index in [-0.39, 0.29) is 5.41 Å². The number of rotatable bonds is 7. The molecule has 4 aliphatic rings. The maximum atomic E-state index is 12.9. The number of hydrogen-bond acceptors (Lipinski definition) is 4. The van der Waals surface area contributed by atoms with Crippen molar-refractivity contribution >= 4 is 16.7 Å². The largest absolute Gasteiger partial charge is 0.496 e. The van der Waals surface area contributed by atoms with Crippen LogP contribution in [0.5, 0.6) is 5.75 Å².